The van der Waals surface area contributed by atoms with Gasteiger partial charge in [0.15, 0.2) is 0 Å². The van der Waals surface area contributed by atoms with Crippen molar-refractivity contribution in [1.29, 1.82) is 0 Å². The molecule has 0 aliphatic carbocycles. The van der Waals surface area contributed by atoms with Crippen LogP contribution >= 0.6 is 11.6 Å². The molecular weight excluding hydrogens is 267 g/mol. The highest BCUT2D eigenvalue weighted by Gasteiger charge is 2.11. The molecule has 1 N–H and O–H groups in total. The summed E-state index contributed by atoms with van der Waals surface area (Å²) in [7, 11) is 0. The fourth-order valence-corrected chi connectivity index (χ4v) is 1.72. The molecule has 0 radical (unpaired) electrons. The van der Waals surface area contributed by atoms with Gasteiger partial charge in [-0.15, -0.1) is 0 Å². The highest BCUT2D eigenvalue weighted by atomic mass is 35.5. The maximum absolute atomic E-state index is 13.5. The number of halogens is 2. The van der Waals surface area contributed by atoms with Crippen molar-refractivity contribution in [2.24, 2.45) is 0 Å². The van der Waals surface area contributed by atoms with Crippen LogP contribution in [0.4, 0.5) is 4.39 Å². The van der Waals surface area contributed by atoms with Crippen molar-refractivity contribution in [3.05, 3.63) is 64.2 Å². The molecule has 2 aromatic rings. The maximum Gasteiger partial charge on any atom is 0.254 e. The molecule has 0 spiro atoms. The Morgan fingerprint density at radius 2 is 2.16 bits per heavy atom. The monoisotopic (exact) mass is 278 g/mol. The minimum Gasteiger partial charge on any atom is -0.348 e. The fraction of sp³-hybridized carbons (Fsp3) is 0.143. The summed E-state index contributed by atoms with van der Waals surface area (Å²) < 4.78 is 13.5. The lowest BCUT2D eigenvalue weighted by Crippen LogP contribution is -2.23. The average molecular weight is 279 g/mol. The molecule has 0 aliphatic rings. The standard InChI is InChI=1S/C14H12ClFN2O/c1-9-2-3-10(7-17-9)8-18-14(19)12-6-11(15)4-5-13(12)16/h2-7H,8H2,1H3,(H,18,19). The Kier molecular flexibility index (Phi) is 4.12. The van der Waals surface area contributed by atoms with Crippen molar-refractivity contribution >= 4 is 17.5 Å². The van der Waals surface area contributed by atoms with Crippen molar-refractivity contribution < 1.29 is 9.18 Å². The smallest absolute Gasteiger partial charge is 0.254 e. The summed E-state index contributed by atoms with van der Waals surface area (Å²) in [6.45, 7) is 2.17. The van der Waals surface area contributed by atoms with Gasteiger partial charge in [0.05, 0.1) is 5.56 Å². The third-order valence-electron chi connectivity index (χ3n) is 2.60. The van der Waals surface area contributed by atoms with E-state index in [9.17, 15) is 9.18 Å². The summed E-state index contributed by atoms with van der Waals surface area (Å²) in [5.41, 5.74) is 1.69. The number of hydrogen-bond donors (Lipinski definition) is 1. The van der Waals surface area contributed by atoms with E-state index in [1.165, 1.54) is 18.2 Å². The Morgan fingerprint density at radius 1 is 1.37 bits per heavy atom. The molecule has 1 aromatic heterocycles. The Balaban J connectivity index is 2.05. The summed E-state index contributed by atoms with van der Waals surface area (Å²) in [5.74, 6) is -1.09. The molecule has 19 heavy (non-hydrogen) atoms. The average Bonchev–Trinajstić information content (AvgIpc) is 2.40. The van der Waals surface area contributed by atoms with Gasteiger partial charge < -0.3 is 5.32 Å². The molecule has 1 amide bonds. The lowest BCUT2D eigenvalue weighted by molar-refractivity contribution is 0.0947. The summed E-state index contributed by atoms with van der Waals surface area (Å²) >= 11 is 5.74. The first kappa shape index (κ1) is 13.5. The van der Waals surface area contributed by atoms with Gasteiger partial charge in [-0.3, -0.25) is 9.78 Å². The largest absolute Gasteiger partial charge is 0.348 e. The van der Waals surface area contributed by atoms with Crippen LogP contribution in [0.1, 0.15) is 21.6 Å². The highest BCUT2D eigenvalue weighted by molar-refractivity contribution is 6.30. The summed E-state index contributed by atoms with van der Waals surface area (Å²) in [4.78, 5) is 15.9. The quantitative estimate of drug-likeness (QED) is 0.937. The van der Waals surface area contributed by atoms with E-state index < -0.39 is 11.7 Å². The van der Waals surface area contributed by atoms with Crippen LogP contribution in [0, 0.1) is 12.7 Å². The van der Waals surface area contributed by atoms with Crippen molar-refractivity contribution in [2.45, 2.75) is 13.5 Å². The summed E-state index contributed by atoms with van der Waals surface area (Å²) in [5, 5.41) is 2.95. The first-order valence-corrected chi connectivity index (χ1v) is 6.09. The van der Waals surface area contributed by atoms with Crippen molar-refractivity contribution in [3.8, 4) is 0 Å². The Labute approximate surface area is 115 Å². The maximum atomic E-state index is 13.5. The van der Waals surface area contributed by atoms with E-state index in [4.69, 9.17) is 11.6 Å². The summed E-state index contributed by atoms with van der Waals surface area (Å²) in [6.07, 6.45) is 1.67. The summed E-state index contributed by atoms with van der Waals surface area (Å²) in [6, 6.07) is 7.58. The number of pyridine rings is 1. The predicted molar refractivity (Wildman–Crippen MR) is 71.6 cm³/mol. The number of aromatic nitrogens is 1. The number of nitrogens with one attached hydrogen (secondary N) is 1. The third-order valence-corrected chi connectivity index (χ3v) is 2.83. The fourth-order valence-electron chi connectivity index (χ4n) is 1.55. The van der Waals surface area contributed by atoms with E-state index >= 15 is 0 Å². The second-order valence-corrected chi connectivity index (χ2v) is 4.55. The van der Waals surface area contributed by atoms with Gasteiger partial charge in [-0.1, -0.05) is 17.7 Å². The van der Waals surface area contributed by atoms with Crippen molar-refractivity contribution in [3.63, 3.8) is 0 Å². The van der Waals surface area contributed by atoms with Crippen LogP contribution in [0.2, 0.25) is 5.02 Å². The first-order chi connectivity index (χ1) is 9.06. The van der Waals surface area contributed by atoms with Gasteiger partial charge in [0.2, 0.25) is 0 Å². The van der Waals surface area contributed by atoms with E-state index in [0.717, 1.165) is 11.3 Å². The molecule has 0 unspecified atom stereocenters. The lowest BCUT2D eigenvalue weighted by Gasteiger charge is -2.06. The van der Waals surface area contributed by atoms with E-state index in [-0.39, 0.29) is 12.1 Å². The van der Waals surface area contributed by atoms with Crippen LogP contribution in [0.3, 0.4) is 0 Å². The Morgan fingerprint density at radius 3 is 2.84 bits per heavy atom. The SMILES string of the molecule is Cc1ccc(CNC(=O)c2cc(Cl)ccc2F)cn1. The number of aryl methyl sites for hydroxylation is 1. The minimum atomic E-state index is -0.594. The topological polar surface area (TPSA) is 42.0 Å². The molecule has 98 valence electrons. The molecule has 0 bridgehead atoms. The van der Waals surface area contributed by atoms with Gasteiger partial charge in [-0.2, -0.15) is 0 Å². The number of hydrogen-bond acceptors (Lipinski definition) is 2. The molecule has 3 nitrogen and oxygen atoms in total. The highest BCUT2D eigenvalue weighted by Crippen LogP contribution is 2.14. The molecule has 1 aromatic carbocycles. The molecular formula is C14H12ClFN2O. The number of rotatable bonds is 3. The second-order valence-electron chi connectivity index (χ2n) is 4.11. The van der Waals surface area contributed by atoms with E-state index in [2.05, 4.69) is 10.3 Å². The Hall–Kier alpha value is -1.94. The van der Waals surface area contributed by atoms with E-state index in [0.29, 0.717) is 5.02 Å². The molecule has 2 rings (SSSR count). The number of carbonyl (C=O) groups excluding carboxylic acids is 1. The second kappa shape index (κ2) is 5.80. The molecule has 1 heterocycles. The zero-order valence-electron chi connectivity index (χ0n) is 10.3. The molecule has 0 saturated carbocycles. The van der Waals surface area contributed by atoms with Crippen LogP contribution in [0.25, 0.3) is 0 Å². The lowest BCUT2D eigenvalue weighted by atomic mass is 10.2. The van der Waals surface area contributed by atoms with E-state index in [1.54, 1.807) is 6.20 Å². The minimum absolute atomic E-state index is 0.0624. The van der Waals surface area contributed by atoms with Gasteiger partial charge in [-0.25, -0.2) is 4.39 Å². The van der Waals surface area contributed by atoms with Crippen molar-refractivity contribution in [2.75, 3.05) is 0 Å². The molecule has 0 atom stereocenters. The third kappa shape index (κ3) is 3.51. The number of benzene rings is 1. The Bertz CT molecular complexity index is 599. The van der Waals surface area contributed by atoms with Gasteiger partial charge >= 0.3 is 0 Å². The molecule has 0 fully saturated rings. The molecule has 0 saturated heterocycles. The van der Waals surface area contributed by atoms with Gasteiger partial charge in [0, 0.05) is 23.5 Å². The first-order valence-electron chi connectivity index (χ1n) is 5.71. The molecule has 0 aliphatic heterocycles. The molecule has 5 heteroatoms. The van der Waals surface area contributed by atoms with Gasteiger partial charge in [-0.05, 0) is 36.8 Å². The normalized spacial score (nSPS) is 10.3. The van der Waals surface area contributed by atoms with Crippen LogP contribution in [-0.2, 0) is 6.54 Å². The van der Waals surface area contributed by atoms with Crippen molar-refractivity contribution in [1.82, 2.24) is 10.3 Å². The van der Waals surface area contributed by atoms with Crippen LogP contribution < -0.4 is 5.32 Å². The van der Waals surface area contributed by atoms with Crippen LogP contribution in [-0.4, -0.2) is 10.9 Å². The zero-order chi connectivity index (χ0) is 13.8. The number of nitrogens with zero attached hydrogens (tertiary/aromatic N) is 1. The predicted octanol–water partition coefficient (Wildman–Crippen LogP) is 3.11. The van der Waals surface area contributed by atoms with E-state index in [1.807, 2.05) is 19.1 Å². The number of carbonyl (C=O) groups is 1. The zero-order valence-corrected chi connectivity index (χ0v) is 11.0. The number of amides is 1. The van der Waals surface area contributed by atoms with Gasteiger partial charge in [0.25, 0.3) is 5.91 Å². The van der Waals surface area contributed by atoms with Crippen LogP contribution in [0.5, 0.6) is 0 Å². The van der Waals surface area contributed by atoms with Gasteiger partial charge in [0.1, 0.15) is 5.82 Å². The van der Waals surface area contributed by atoms with Crippen LogP contribution in [0.15, 0.2) is 36.5 Å².